The highest BCUT2D eigenvalue weighted by atomic mass is 19.1. The van der Waals surface area contributed by atoms with Gasteiger partial charge in [0.2, 0.25) is 0 Å². The van der Waals surface area contributed by atoms with Gasteiger partial charge in [0, 0.05) is 6.54 Å². The summed E-state index contributed by atoms with van der Waals surface area (Å²) in [6, 6.07) is 0. The van der Waals surface area contributed by atoms with E-state index in [1.165, 1.54) is 0 Å². The van der Waals surface area contributed by atoms with E-state index in [0.717, 1.165) is 6.42 Å². The number of hydrogen-bond acceptors (Lipinski definition) is 2. The molecule has 0 aromatic carbocycles. The Balaban J connectivity index is 3.54. The molecule has 0 unspecified atom stereocenters. The van der Waals surface area contributed by atoms with Gasteiger partial charge in [-0.15, -0.1) is 0 Å². The Morgan fingerprint density at radius 2 is 2.00 bits per heavy atom. The average molecular weight is 163 g/mol. The first kappa shape index (κ1) is 10.8. The van der Waals surface area contributed by atoms with Crippen LogP contribution in [-0.4, -0.2) is 42.9 Å². The Bertz CT molecular complexity index is 98.1. The second-order valence-corrected chi connectivity index (χ2v) is 3.13. The molecular formula is C8H18FNO. The van der Waals surface area contributed by atoms with Crippen LogP contribution >= 0.6 is 0 Å². The van der Waals surface area contributed by atoms with Crippen LogP contribution in [-0.2, 0) is 0 Å². The number of aliphatic hydroxyl groups excluding tert-OH is 1. The summed E-state index contributed by atoms with van der Waals surface area (Å²) in [4.78, 5) is 1.78. The molecule has 0 fully saturated rings. The number of likely N-dealkylation sites (N-methyl/N-ethyl adjacent to an activating group) is 1. The van der Waals surface area contributed by atoms with Crippen LogP contribution in [0.1, 0.15) is 19.8 Å². The molecule has 1 N–H and O–H groups in total. The van der Waals surface area contributed by atoms with Crippen LogP contribution in [0.2, 0.25) is 0 Å². The lowest BCUT2D eigenvalue weighted by Gasteiger charge is -2.18. The fourth-order valence-corrected chi connectivity index (χ4v) is 0.957. The summed E-state index contributed by atoms with van der Waals surface area (Å²) in [7, 11) is 3.64. The van der Waals surface area contributed by atoms with Gasteiger partial charge >= 0.3 is 0 Å². The first-order valence-corrected chi connectivity index (χ1v) is 4.04. The first-order valence-electron chi connectivity index (χ1n) is 4.04. The van der Waals surface area contributed by atoms with Gasteiger partial charge < -0.3 is 10.0 Å². The molecular weight excluding hydrogens is 145 g/mol. The van der Waals surface area contributed by atoms with E-state index >= 15 is 0 Å². The molecule has 3 heteroatoms. The zero-order valence-electron chi connectivity index (χ0n) is 7.55. The van der Waals surface area contributed by atoms with Gasteiger partial charge in [-0.2, -0.15) is 0 Å². The van der Waals surface area contributed by atoms with E-state index in [-0.39, 0.29) is 0 Å². The maximum absolute atomic E-state index is 12.9. The van der Waals surface area contributed by atoms with Gasteiger partial charge in [0.05, 0.1) is 6.10 Å². The topological polar surface area (TPSA) is 23.5 Å². The van der Waals surface area contributed by atoms with Crippen molar-refractivity contribution in [3.05, 3.63) is 0 Å². The van der Waals surface area contributed by atoms with Crippen LogP contribution in [0.25, 0.3) is 0 Å². The smallest absolute Gasteiger partial charge is 0.127 e. The van der Waals surface area contributed by atoms with Crippen LogP contribution in [0.4, 0.5) is 4.39 Å². The molecule has 0 aromatic heterocycles. The Kier molecular flexibility index (Phi) is 5.42. The standard InChI is InChI=1S/C8H18FNO/c1-4-5-7(9)8(11)6-10(2)3/h7-8,11H,4-6H2,1-3H3/t7-,8-/m0/s1. The van der Waals surface area contributed by atoms with E-state index in [1.807, 2.05) is 21.0 Å². The Morgan fingerprint density at radius 3 is 2.36 bits per heavy atom. The van der Waals surface area contributed by atoms with Gasteiger partial charge in [-0.05, 0) is 20.5 Å². The van der Waals surface area contributed by atoms with Crippen molar-refractivity contribution >= 4 is 0 Å². The molecule has 0 rings (SSSR count). The molecule has 0 bridgehead atoms. The van der Waals surface area contributed by atoms with Crippen molar-refractivity contribution in [1.29, 1.82) is 0 Å². The van der Waals surface area contributed by atoms with Crippen LogP contribution < -0.4 is 0 Å². The monoisotopic (exact) mass is 163 g/mol. The number of alkyl halides is 1. The van der Waals surface area contributed by atoms with E-state index in [9.17, 15) is 9.50 Å². The highest BCUT2D eigenvalue weighted by Crippen LogP contribution is 2.07. The van der Waals surface area contributed by atoms with Crippen molar-refractivity contribution in [3.8, 4) is 0 Å². The molecule has 2 atom stereocenters. The van der Waals surface area contributed by atoms with Crippen LogP contribution in [0, 0.1) is 0 Å². The van der Waals surface area contributed by atoms with Gasteiger partial charge in [0.15, 0.2) is 0 Å². The second-order valence-electron chi connectivity index (χ2n) is 3.13. The maximum Gasteiger partial charge on any atom is 0.127 e. The van der Waals surface area contributed by atoms with E-state index in [1.54, 1.807) is 4.90 Å². The fourth-order valence-electron chi connectivity index (χ4n) is 0.957. The normalized spacial score (nSPS) is 16.9. The third-order valence-electron chi connectivity index (χ3n) is 1.53. The number of aliphatic hydroxyl groups is 1. The van der Waals surface area contributed by atoms with Crippen molar-refractivity contribution in [2.45, 2.75) is 32.0 Å². The van der Waals surface area contributed by atoms with Crippen LogP contribution in [0.5, 0.6) is 0 Å². The molecule has 0 aliphatic rings. The molecule has 0 saturated carbocycles. The molecule has 0 aromatic rings. The van der Waals surface area contributed by atoms with Gasteiger partial charge in [0.1, 0.15) is 6.17 Å². The molecule has 11 heavy (non-hydrogen) atoms. The summed E-state index contributed by atoms with van der Waals surface area (Å²) in [5.41, 5.74) is 0. The highest BCUT2D eigenvalue weighted by molar-refractivity contribution is 4.68. The molecule has 0 aliphatic carbocycles. The van der Waals surface area contributed by atoms with Gasteiger partial charge in [-0.3, -0.25) is 0 Å². The Labute approximate surface area is 68.0 Å². The molecule has 0 amide bonds. The number of rotatable bonds is 5. The minimum Gasteiger partial charge on any atom is -0.389 e. The summed E-state index contributed by atoms with van der Waals surface area (Å²) in [6.45, 7) is 2.32. The SMILES string of the molecule is CCC[C@H](F)[C@@H](O)CN(C)C. The lowest BCUT2D eigenvalue weighted by Crippen LogP contribution is -2.33. The third kappa shape index (κ3) is 5.16. The lowest BCUT2D eigenvalue weighted by atomic mass is 10.1. The van der Waals surface area contributed by atoms with Crippen molar-refractivity contribution in [1.82, 2.24) is 4.90 Å². The van der Waals surface area contributed by atoms with Gasteiger partial charge in [0.25, 0.3) is 0 Å². The Morgan fingerprint density at radius 1 is 1.45 bits per heavy atom. The predicted octanol–water partition coefficient (Wildman–Crippen LogP) is 1.05. The predicted molar refractivity (Wildman–Crippen MR) is 44.4 cm³/mol. The Hall–Kier alpha value is -0.150. The van der Waals surface area contributed by atoms with Crippen LogP contribution in [0.15, 0.2) is 0 Å². The summed E-state index contributed by atoms with van der Waals surface area (Å²) in [5, 5.41) is 9.20. The van der Waals surface area contributed by atoms with Crippen LogP contribution in [0.3, 0.4) is 0 Å². The minimum absolute atomic E-state index is 0.404. The minimum atomic E-state index is -1.07. The largest absolute Gasteiger partial charge is 0.389 e. The van der Waals surface area contributed by atoms with Crippen molar-refractivity contribution in [2.24, 2.45) is 0 Å². The molecule has 0 aliphatic heterocycles. The molecule has 0 radical (unpaired) electrons. The summed E-state index contributed by atoms with van der Waals surface area (Å²) in [6.07, 6.45) is -0.659. The van der Waals surface area contributed by atoms with E-state index in [4.69, 9.17) is 0 Å². The van der Waals surface area contributed by atoms with E-state index in [2.05, 4.69) is 0 Å². The molecule has 0 heterocycles. The zero-order valence-corrected chi connectivity index (χ0v) is 7.55. The number of halogens is 1. The van der Waals surface area contributed by atoms with E-state index < -0.39 is 12.3 Å². The first-order chi connectivity index (χ1) is 5.07. The quantitative estimate of drug-likeness (QED) is 0.654. The third-order valence-corrected chi connectivity index (χ3v) is 1.53. The molecule has 0 saturated heterocycles. The maximum atomic E-state index is 12.9. The summed E-state index contributed by atoms with van der Waals surface area (Å²) >= 11 is 0. The summed E-state index contributed by atoms with van der Waals surface area (Å²) in [5.74, 6) is 0. The van der Waals surface area contributed by atoms with E-state index in [0.29, 0.717) is 13.0 Å². The average Bonchev–Trinajstić information content (AvgIpc) is 1.86. The van der Waals surface area contributed by atoms with Crippen molar-refractivity contribution in [3.63, 3.8) is 0 Å². The number of hydrogen-bond donors (Lipinski definition) is 1. The number of nitrogens with zero attached hydrogens (tertiary/aromatic N) is 1. The second kappa shape index (κ2) is 5.49. The van der Waals surface area contributed by atoms with Gasteiger partial charge in [-0.1, -0.05) is 13.3 Å². The fraction of sp³-hybridized carbons (Fsp3) is 1.00. The van der Waals surface area contributed by atoms with Crippen molar-refractivity contribution < 1.29 is 9.50 Å². The lowest BCUT2D eigenvalue weighted by molar-refractivity contribution is 0.0512. The van der Waals surface area contributed by atoms with Gasteiger partial charge in [-0.25, -0.2) is 4.39 Å². The molecule has 68 valence electrons. The van der Waals surface area contributed by atoms with Crippen molar-refractivity contribution in [2.75, 3.05) is 20.6 Å². The summed E-state index contributed by atoms with van der Waals surface area (Å²) < 4.78 is 12.9. The highest BCUT2D eigenvalue weighted by Gasteiger charge is 2.17. The molecule has 2 nitrogen and oxygen atoms in total. The zero-order chi connectivity index (χ0) is 8.85. The molecule has 0 spiro atoms.